The summed E-state index contributed by atoms with van der Waals surface area (Å²) in [5, 5.41) is 9.24. The minimum Gasteiger partial charge on any atom is -0.267 e. The van der Waals surface area contributed by atoms with Crippen LogP contribution in [0.1, 0.15) is 27.2 Å². The zero-order chi connectivity index (χ0) is 19.4. The van der Waals surface area contributed by atoms with E-state index in [2.05, 4.69) is 15.6 Å². The molecule has 0 bridgehead atoms. The Labute approximate surface area is 165 Å². The molecular weight excluding hydrogens is 390 g/mol. The molecular formula is C19H15Cl2FN4O. The molecule has 0 saturated heterocycles. The molecule has 0 aliphatic heterocycles. The van der Waals surface area contributed by atoms with E-state index in [9.17, 15) is 9.18 Å². The molecule has 0 aliphatic carbocycles. The zero-order valence-corrected chi connectivity index (χ0v) is 15.8. The molecule has 1 heterocycles. The highest BCUT2D eigenvalue weighted by Crippen LogP contribution is 2.19. The number of benzene rings is 2. The van der Waals surface area contributed by atoms with E-state index < -0.39 is 0 Å². The summed E-state index contributed by atoms with van der Waals surface area (Å²) in [6, 6.07) is 12.6. The topological polar surface area (TPSA) is 59.3 Å². The van der Waals surface area contributed by atoms with Gasteiger partial charge in [0, 0.05) is 10.6 Å². The monoisotopic (exact) mass is 404 g/mol. The maximum Gasteiger partial charge on any atom is 0.271 e. The Morgan fingerprint density at radius 2 is 1.85 bits per heavy atom. The molecule has 1 N–H and O–H groups in total. The molecule has 0 aliphatic rings. The van der Waals surface area contributed by atoms with Gasteiger partial charge in [-0.3, -0.25) is 4.79 Å². The highest BCUT2D eigenvalue weighted by molar-refractivity contribution is 6.32. The quantitative estimate of drug-likeness (QED) is 0.504. The first-order valence-electron chi connectivity index (χ1n) is 8.00. The summed E-state index contributed by atoms with van der Waals surface area (Å²) in [4.78, 5) is 12.0. The van der Waals surface area contributed by atoms with Crippen LogP contribution in [0, 0.1) is 12.7 Å². The van der Waals surface area contributed by atoms with Gasteiger partial charge in [0.1, 0.15) is 11.0 Å². The van der Waals surface area contributed by atoms with Gasteiger partial charge in [0.25, 0.3) is 5.91 Å². The van der Waals surface area contributed by atoms with Crippen LogP contribution in [0.25, 0.3) is 0 Å². The number of carbonyl (C=O) groups excluding carboxylic acids is 1. The van der Waals surface area contributed by atoms with E-state index in [-0.39, 0.29) is 11.7 Å². The molecule has 8 heteroatoms. The van der Waals surface area contributed by atoms with Crippen molar-refractivity contribution in [2.24, 2.45) is 5.10 Å². The highest BCUT2D eigenvalue weighted by atomic mass is 35.5. The molecule has 3 rings (SSSR count). The largest absolute Gasteiger partial charge is 0.271 e. The van der Waals surface area contributed by atoms with Crippen molar-refractivity contribution in [1.29, 1.82) is 0 Å². The van der Waals surface area contributed by atoms with Crippen molar-refractivity contribution in [2.45, 2.75) is 13.5 Å². The lowest BCUT2D eigenvalue weighted by Gasteiger charge is -2.03. The van der Waals surface area contributed by atoms with Crippen molar-refractivity contribution >= 4 is 35.3 Å². The van der Waals surface area contributed by atoms with Gasteiger partial charge >= 0.3 is 0 Å². The summed E-state index contributed by atoms with van der Waals surface area (Å²) in [6.07, 6.45) is 1.44. The number of hydrogen-bond donors (Lipinski definition) is 1. The molecule has 0 spiro atoms. The zero-order valence-electron chi connectivity index (χ0n) is 14.3. The maximum absolute atomic E-state index is 13.0. The second-order valence-electron chi connectivity index (χ2n) is 5.78. The number of halogens is 3. The second-order valence-corrected chi connectivity index (χ2v) is 6.57. The molecule has 0 atom stereocenters. The van der Waals surface area contributed by atoms with Crippen molar-refractivity contribution in [3.8, 4) is 0 Å². The van der Waals surface area contributed by atoms with E-state index in [0.717, 1.165) is 5.56 Å². The van der Waals surface area contributed by atoms with E-state index in [1.165, 1.54) is 18.3 Å². The smallest absolute Gasteiger partial charge is 0.267 e. The number of hydrazone groups is 1. The van der Waals surface area contributed by atoms with Crippen LogP contribution in [0.3, 0.4) is 0 Å². The van der Waals surface area contributed by atoms with Crippen molar-refractivity contribution in [1.82, 2.24) is 15.2 Å². The number of rotatable bonds is 5. The summed E-state index contributed by atoms with van der Waals surface area (Å²) in [5.74, 6) is -0.666. The van der Waals surface area contributed by atoms with Crippen LogP contribution in [0.4, 0.5) is 4.39 Å². The molecule has 27 heavy (non-hydrogen) atoms. The van der Waals surface area contributed by atoms with Gasteiger partial charge in [-0.05, 0) is 48.9 Å². The Balaban J connectivity index is 1.70. The van der Waals surface area contributed by atoms with Crippen LogP contribution in [0.5, 0.6) is 0 Å². The molecule has 0 saturated carbocycles. The lowest BCUT2D eigenvalue weighted by Crippen LogP contribution is -2.17. The predicted octanol–water partition coefficient (Wildman–Crippen LogP) is 4.45. The van der Waals surface area contributed by atoms with Crippen LogP contribution in [-0.2, 0) is 6.54 Å². The highest BCUT2D eigenvalue weighted by Gasteiger charge is 2.12. The number of aromatic nitrogens is 2. The van der Waals surface area contributed by atoms with E-state index in [1.54, 1.807) is 48.0 Å². The second kappa shape index (κ2) is 8.33. The van der Waals surface area contributed by atoms with E-state index in [4.69, 9.17) is 23.2 Å². The maximum atomic E-state index is 13.0. The molecule has 5 nitrogen and oxygen atoms in total. The first-order chi connectivity index (χ1) is 12.9. The fourth-order valence-corrected chi connectivity index (χ4v) is 2.81. The van der Waals surface area contributed by atoms with Gasteiger partial charge in [-0.25, -0.2) is 14.5 Å². The van der Waals surface area contributed by atoms with Gasteiger partial charge in [-0.1, -0.05) is 35.3 Å². The number of amides is 1. The minimum absolute atomic E-state index is 0.300. The van der Waals surface area contributed by atoms with Gasteiger partial charge in [0.15, 0.2) is 0 Å². The number of nitrogens with zero attached hydrogens (tertiary/aromatic N) is 3. The minimum atomic E-state index is -0.365. The van der Waals surface area contributed by atoms with Crippen molar-refractivity contribution in [3.05, 3.63) is 86.9 Å². The number of carbonyl (C=O) groups is 1. The summed E-state index contributed by atoms with van der Waals surface area (Å²) in [7, 11) is 0. The summed E-state index contributed by atoms with van der Waals surface area (Å²) >= 11 is 12.2. The molecule has 1 aromatic heterocycles. The van der Waals surface area contributed by atoms with Crippen LogP contribution < -0.4 is 5.43 Å². The van der Waals surface area contributed by atoms with Gasteiger partial charge in [-0.2, -0.15) is 10.2 Å². The van der Waals surface area contributed by atoms with Crippen molar-refractivity contribution < 1.29 is 9.18 Å². The Kier molecular flexibility index (Phi) is 5.88. The third-order valence-corrected chi connectivity index (χ3v) is 4.47. The normalized spacial score (nSPS) is 11.1. The summed E-state index contributed by atoms with van der Waals surface area (Å²) in [5.41, 5.74) is 4.99. The fourth-order valence-electron chi connectivity index (χ4n) is 2.40. The average Bonchev–Trinajstić information content (AvgIpc) is 2.91. The molecule has 1 amide bonds. The van der Waals surface area contributed by atoms with Crippen LogP contribution in [0.2, 0.25) is 10.2 Å². The number of nitrogens with one attached hydrogen (secondary N) is 1. The van der Waals surface area contributed by atoms with E-state index >= 15 is 0 Å². The van der Waals surface area contributed by atoms with E-state index in [0.29, 0.717) is 33.5 Å². The van der Waals surface area contributed by atoms with Gasteiger partial charge < -0.3 is 0 Å². The third kappa shape index (κ3) is 4.72. The van der Waals surface area contributed by atoms with Crippen molar-refractivity contribution in [2.75, 3.05) is 0 Å². The summed E-state index contributed by atoms with van der Waals surface area (Å²) < 4.78 is 14.6. The van der Waals surface area contributed by atoms with Crippen LogP contribution in [-0.4, -0.2) is 21.9 Å². The third-order valence-electron chi connectivity index (χ3n) is 3.82. The van der Waals surface area contributed by atoms with Gasteiger partial charge in [0.2, 0.25) is 0 Å². The Morgan fingerprint density at radius 1 is 1.19 bits per heavy atom. The molecule has 0 fully saturated rings. The van der Waals surface area contributed by atoms with Crippen LogP contribution >= 0.6 is 23.2 Å². The number of hydrogen-bond acceptors (Lipinski definition) is 3. The van der Waals surface area contributed by atoms with Gasteiger partial charge in [-0.15, -0.1) is 0 Å². The first-order valence-corrected chi connectivity index (χ1v) is 8.76. The molecule has 2 aromatic carbocycles. The Morgan fingerprint density at radius 3 is 2.52 bits per heavy atom. The predicted molar refractivity (Wildman–Crippen MR) is 104 cm³/mol. The standard InChI is InChI=1S/C19H15Cl2FN4O/c1-12-17(10-23-24-19(27)14-4-6-15(20)7-5-14)18(21)26(25-12)11-13-2-8-16(22)9-3-13/h2-10H,11H2,1H3,(H,24,27). The van der Waals surface area contributed by atoms with Crippen molar-refractivity contribution in [3.63, 3.8) is 0 Å². The number of aryl methyl sites for hydroxylation is 1. The van der Waals surface area contributed by atoms with Gasteiger partial charge in [0.05, 0.1) is 24.0 Å². The van der Waals surface area contributed by atoms with E-state index in [1.807, 2.05) is 0 Å². The summed E-state index contributed by atoms with van der Waals surface area (Å²) in [6.45, 7) is 2.18. The van der Waals surface area contributed by atoms with Crippen LogP contribution in [0.15, 0.2) is 53.6 Å². The molecule has 0 unspecified atom stereocenters. The Hall–Kier alpha value is -2.70. The lowest BCUT2D eigenvalue weighted by molar-refractivity contribution is 0.0955. The first kappa shape index (κ1) is 19.1. The molecule has 3 aromatic rings. The fraction of sp³-hybridized carbons (Fsp3) is 0.105. The SMILES string of the molecule is Cc1nn(Cc2ccc(F)cc2)c(Cl)c1C=NNC(=O)c1ccc(Cl)cc1. The lowest BCUT2D eigenvalue weighted by atomic mass is 10.2. The Bertz CT molecular complexity index is 982. The molecule has 0 radical (unpaired) electrons. The molecule has 138 valence electrons. The average molecular weight is 405 g/mol.